The minimum absolute atomic E-state index is 0.407. The molecule has 0 amide bonds. The molecular formula is C10H23BrSi. The lowest BCUT2D eigenvalue weighted by Gasteiger charge is -2.11. The molecule has 0 fully saturated rings. The fourth-order valence-electron chi connectivity index (χ4n) is 1.28. The first kappa shape index (κ1) is 12.7. The Morgan fingerprint density at radius 3 is 2.17 bits per heavy atom. The zero-order valence-corrected chi connectivity index (χ0v) is 11.5. The lowest BCUT2D eigenvalue weighted by molar-refractivity contribution is 0.621. The summed E-state index contributed by atoms with van der Waals surface area (Å²) in [6.45, 7) is 7.12. The van der Waals surface area contributed by atoms with E-state index >= 15 is 0 Å². The third kappa shape index (κ3) is 7.35. The van der Waals surface area contributed by atoms with Crippen molar-refractivity contribution in [3.63, 3.8) is 0 Å². The topological polar surface area (TPSA) is 0 Å². The summed E-state index contributed by atoms with van der Waals surface area (Å²) in [5, 5.41) is 0. The van der Waals surface area contributed by atoms with Gasteiger partial charge in [0.2, 0.25) is 0 Å². The van der Waals surface area contributed by atoms with Crippen LogP contribution in [0.15, 0.2) is 0 Å². The van der Waals surface area contributed by atoms with Gasteiger partial charge in [-0.2, -0.15) is 0 Å². The van der Waals surface area contributed by atoms with Gasteiger partial charge in [-0.25, -0.2) is 0 Å². The summed E-state index contributed by atoms with van der Waals surface area (Å²) in [5.41, 5.74) is 0. The van der Waals surface area contributed by atoms with Crippen LogP contribution >= 0.6 is 15.9 Å². The summed E-state index contributed by atoms with van der Waals surface area (Å²) in [6.07, 6.45) is 8.50. The van der Waals surface area contributed by atoms with Crippen molar-refractivity contribution in [3.8, 4) is 0 Å². The Kier molecular flexibility index (Phi) is 8.78. The van der Waals surface area contributed by atoms with E-state index < -0.39 is 8.80 Å². The second kappa shape index (κ2) is 8.30. The molecule has 12 heavy (non-hydrogen) atoms. The number of unbranched alkanes of at least 4 members (excludes halogenated alkanes) is 4. The van der Waals surface area contributed by atoms with Crippen molar-refractivity contribution in [2.75, 3.05) is 0 Å². The van der Waals surface area contributed by atoms with E-state index in [1.54, 1.807) is 0 Å². The molecule has 1 atom stereocenters. The first-order chi connectivity index (χ1) is 5.68. The highest BCUT2D eigenvalue weighted by Crippen LogP contribution is 2.14. The molecule has 1 unspecified atom stereocenters. The molecule has 0 aliphatic carbocycles. The van der Waals surface area contributed by atoms with Gasteiger partial charge in [-0.15, -0.1) is 0 Å². The molecule has 0 spiro atoms. The smallest absolute Gasteiger partial charge is 0.0465 e. The van der Waals surface area contributed by atoms with Gasteiger partial charge in [0.05, 0.1) is 0 Å². The average molecular weight is 251 g/mol. The van der Waals surface area contributed by atoms with Gasteiger partial charge in [0, 0.05) is 13.2 Å². The van der Waals surface area contributed by atoms with E-state index in [0.29, 0.717) is 0 Å². The predicted molar refractivity (Wildman–Crippen MR) is 65.0 cm³/mol. The van der Waals surface area contributed by atoms with Crippen LogP contribution in [0.3, 0.4) is 0 Å². The van der Waals surface area contributed by atoms with Crippen molar-refractivity contribution < 1.29 is 0 Å². The Labute approximate surface area is 87.9 Å². The van der Waals surface area contributed by atoms with Crippen molar-refractivity contribution in [2.45, 2.75) is 63.0 Å². The zero-order chi connectivity index (χ0) is 9.40. The maximum absolute atomic E-state index is 3.77. The Bertz CT molecular complexity index is 93.8. The van der Waals surface area contributed by atoms with Crippen molar-refractivity contribution in [1.29, 1.82) is 0 Å². The van der Waals surface area contributed by atoms with Crippen LogP contribution in [0, 0.1) is 0 Å². The van der Waals surface area contributed by atoms with Crippen LogP contribution in [-0.4, -0.2) is 13.2 Å². The molecule has 0 aromatic rings. The van der Waals surface area contributed by atoms with Gasteiger partial charge in [-0.3, -0.25) is 0 Å². The van der Waals surface area contributed by atoms with Crippen molar-refractivity contribution in [1.82, 2.24) is 0 Å². The number of rotatable bonds is 7. The van der Waals surface area contributed by atoms with Gasteiger partial charge >= 0.3 is 0 Å². The molecule has 0 rings (SSSR count). The minimum Gasteiger partial charge on any atom is -0.0929 e. The average Bonchev–Trinajstić information content (AvgIpc) is 2.03. The van der Waals surface area contributed by atoms with Gasteiger partial charge in [-0.05, 0) is 6.42 Å². The van der Waals surface area contributed by atoms with E-state index in [2.05, 4.69) is 35.9 Å². The molecule has 2 heteroatoms. The molecule has 0 N–H and O–H groups in total. The van der Waals surface area contributed by atoms with E-state index in [9.17, 15) is 0 Å². The van der Waals surface area contributed by atoms with Crippen LogP contribution in [-0.2, 0) is 0 Å². The van der Waals surface area contributed by atoms with E-state index in [0.717, 1.165) is 4.45 Å². The van der Waals surface area contributed by atoms with Crippen LogP contribution in [0.4, 0.5) is 0 Å². The highest BCUT2D eigenvalue weighted by Gasteiger charge is 2.08. The Morgan fingerprint density at radius 1 is 1.08 bits per heavy atom. The SMILES string of the molecule is CCCCCCCC(Br)[SiH](C)C. The van der Waals surface area contributed by atoms with Crippen LogP contribution in [0.25, 0.3) is 0 Å². The van der Waals surface area contributed by atoms with Crippen molar-refractivity contribution in [2.24, 2.45) is 0 Å². The summed E-state index contributed by atoms with van der Waals surface area (Å²) in [6, 6.07) is 0. The fourth-order valence-corrected chi connectivity index (χ4v) is 2.50. The number of alkyl halides is 1. The standard InChI is InChI=1S/C10H23BrSi/c1-4-5-6-7-8-9-10(11)12(2)3/h10,12H,4-9H2,1-3H3. The number of halogens is 1. The van der Waals surface area contributed by atoms with Gasteiger partial charge in [-0.1, -0.05) is 68.1 Å². The number of hydrogen-bond donors (Lipinski definition) is 0. The third-order valence-corrected chi connectivity index (χ3v) is 7.72. The Morgan fingerprint density at radius 2 is 1.67 bits per heavy atom. The summed E-state index contributed by atoms with van der Waals surface area (Å²) in [7, 11) is -0.407. The molecule has 74 valence electrons. The van der Waals surface area contributed by atoms with Crippen molar-refractivity contribution >= 4 is 24.7 Å². The summed E-state index contributed by atoms with van der Waals surface area (Å²) in [4.78, 5) is 0. The molecule has 0 aromatic carbocycles. The van der Waals surface area contributed by atoms with E-state index in [1.807, 2.05) is 0 Å². The van der Waals surface area contributed by atoms with Crippen LogP contribution in [0.5, 0.6) is 0 Å². The second-order valence-corrected chi connectivity index (χ2v) is 9.41. The molecular weight excluding hydrogens is 228 g/mol. The van der Waals surface area contributed by atoms with E-state index in [4.69, 9.17) is 0 Å². The van der Waals surface area contributed by atoms with Crippen LogP contribution in [0.1, 0.15) is 45.4 Å². The summed E-state index contributed by atoms with van der Waals surface area (Å²) >= 11 is 3.77. The molecule has 0 heterocycles. The number of hydrogen-bond acceptors (Lipinski definition) is 0. The normalized spacial score (nSPS) is 13.8. The maximum Gasteiger partial charge on any atom is 0.0465 e. The molecule has 0 nitrogen and oxygen atoms in total. The fraction of sp³-hybridized carbons (Fsp3) is 1.00. The third-order valence-electron chi connectivity index (χ3n) is 2.31. The molecule has 0 aromatic heterocycles. The molecule has 0 radical (unpaired) electrons. The summed E-state index contributed by atoms with van der Waals surface area (Å²) in [5.74, 6) is 0. The first-order valence-electron chi connectivity index (χ1n) is 5.32. The Balaban J connectivity index is 3.08. The van der Waals surface area contributed by atoms with Gasteiger partial charge < -0.3 is 0 Å². The molecule has 0 bridgehead atoms. The molecule has 0 saturated heterocycles. The largest absolute Gasteiger partial charge is 0.0929 e. The molecule has 0 aliphatic heterocycles. The minimum atomic E-state index is -0.407. The highest BCUT2D eigenvalue weighted by molar-refractivity contribution is 9.10. The lowest BCUT2D eigenvalue weighted by atomic mass is 10.1. The molecule has 0 saturated carbocycles. The van der Waals surface area contributed by atoms with E-state index in [-0.39, 0.29) is 0 Å². The van der Waals surface area contributed by atoms with Crippen molar-refractivity contribution in [3.05, 3.63) is 0 Å². The predicted octanol–water partition coefficient (Wildman–Crippen LogP) is 4.14. The van der Waals surface area contributed by atoms with Crippen LogP contribution in [0.2, 0.25) is 13.1 Å². The zero-order valence-electron chi connectivity index (χ0n) is 8.78. The summed E-state index contributed by atoms with van der Waals surface area (Å²) < 4.78 is 0.874. The second-order valence-electron chi connectivity index (χ2n) is 3.96. The van der Waals surface area contributed by atoms with Gasteiger partial charge in [0.1, 0.15) is 0 Å². The van der Waals surface area contributed by atoms with Gasteiger partial charge in [0.15, 0.2) is 0 Å². The monoisotopic (exact) mass is 250 g/mol. The van der Waals surface area contributed by atoms with Crippen LogP contribution < -0.4 is 0 Å². The quantitative estimate of drug-likeness (QED) is 0.362. The van der Waals surface area contributed by atoms with E-state index in [1.165, 1.54) is 38.5 Å². The first-order valence-corrected chi connectivity index (χ1v) is 9.21. The van der Waals surface area contributed by atoms with Gasteiger partial charge in [0.25, 0.3) is 0 Å². The highest BCUT2D eigenvalue weighted by atomic mass is 79.9. The lowest BCUT2D eigenvalue weighted by Crippen LogP contribution is -2.17. The maximum atomic E-state index is 3.77. The molecule has 0 aliphatic rings. The Hall–Kier alpha value is 0.697.